The first-order valence-electron chi connectivity index (χ1n) is 10.5. The van der Waals surface area contributed by atoms with Crippen LogP contribution in [0.15, 0.2) is 51.6 Å². The fourth-order valence-corrected chi connectivity index (χ4v) is 4.44. The minimum absolute atomic E-state index is 0.0415. The van der Waals surface area contributed by atoms with Crippen molar-refractivity contribution in [3.05, 3.63) is 58.4 Å². The molecule has 2 aromatic heterocycles. The number of halogens is 1. The summed E-state index contributed by atoms with van der Waals surface area (Å²) in [5.41, 5.74) is 3.48. The van der Waals surface area contributed by atoms with Crippen molar-refractivity contribution in [3.8, 4) is 0 Å². The van der Waals surface area contributed by atoms with E-state index in [2.05, 4.69) is 45.2 Å². The fourth-order valence-electron chi connectivity index (χ4n) is 4.17. The Hall–Kier alpha value is -2.05. The number of fused-ring (bicyclic) bond motifs is 1. The van der Waals surface area contributed by atoms with Crippen molar-refractivity contribution in [2.75, 3.05) is 19.6 Å². The van der Waals surface area contributed by atoms with E-state index in [0.717, 1.165) is 34.1 Å². The normalized spacial score (nSPS) is 17.7. The molecule has 1 aliphatic rings. The number of hydrogen-bond acceptors (Lipinski definition) is 3. The highest BCUT2D eigenvalue weighted by molar-refractivity contribution is 9.10. The van der Waals surface area contributed by atoms with E-state index in [9.17, 15) is 4.79 Å². The zero-order valence-corrected chi connectivity index (χ0v) is 18.5. The Morgan fingerprint density at radius 1 is 1.24 bits per heavy atom. The Morgan fingerprint density at radius 3 is 2.86 bits per heavy atom. The number of rotatable bonds is 7. The van der Waals surface area contributed by atoms with Gasteiger partial charge in [0.1, 0.15) is 5.69 Å². The van der Waals surface area contributed by atoms with Crippen molar-refractivity contribution in [3.63, 3.8) is 0 Å². The number of piperidine rings is 1. The summed E-state index contributed by atoms with van der Waals surface area (Å²) >= 11 is 3.47. The largest absolute Gasteiger partial charge is 0.463 e. The first-order valence-corrected chi connectivity index (χ1v) is 11.2. The van der Waals surface area contributed by atoms with Gasteiger partial charge in [0.05, 0.1) is 11.8 Å². The number of benzene rings is 1. The molecule has 3 aromatic rings. The number of carbonyl (C=O) groups is 1. The second-order valence-corrected chi connectivity index (χ2v) is 8.82. The van der Waals surface area contributed by atoms with Gasteiger partial charge in [-0.2, -0.15) is 0 Å². The highest BCUT2D eigenvalue weighted by Crippen LogP contribution is 2.23. The van der Waals surface area contributed by atoms with E-state index in [1.165, 1.54) is 25.8 Å². The number of nitrogens with one attached hydrogen (secondary N) is 1. The van der Waals surface area contributed by atoms with Crippen LogP contribution in [0.4, 0.5) is 0 Å². The monoisotopic (exact) mass is 457 g/mol. The van der Waals surface area contributed by atoms with Gasteiger partial charge in [-0.25, -0.2) is 0 Å². The smallest absolute Gasteiger partial charge is 0.268 e. The van der Waals surface area contributed by atoms with Crippen molar-refractivity contribution in [1.29, 1.82) is 0 Å². The predicted octanol–water partition coefficient (Wildman–Crippen LogP) is 5.04. The quantitative estimate of drug-likeness (QED) is 0.505. The first-order chi connectivity index (χ1) is 14.1. The van der Waals surface area contributed by atoms with Crippen LogP contribution >= 0.6 is 15.9 Å². The average molecular weight is 458 g/mol. The molecule has 1 N–H and O–H groups in total. The Labute approximate surface area is 180 Å². The molecule has 1 saturated heterocycles. The van der Waals surface area contributed by atoms with Gasteiger partial charge in [-0.05, 0) is 50.4 Å². The van der Waals surface area contributed by atoms with E-state index in [0.29, 0.717) is 24.8 Å². The highest BCUT2D eigenvalue weighted by atomic mass is 79.9. The van der Waals surface area contributed by atoms with Crippen molar-refractivity contribution in [1.82, 2.24) is 14.8 Å². The standard InChI is InChI=1S/C23H28BrN3O2/c1-17-5-2-3-12-26(17)13-4-11-25-23(28)21-15-22-20(10-14-29-22)27(21)16-18-6-8-19(24)9-7-18/h6-10,14-15,17H,2-5,11-13,16H2,1H3,(H,25,28). The van der Waals surface area contributed by atoms with Gasteiger partial charge in [-0.1, -0.05) is 34.5 Å². The molecule has 3 heterocycles. The topological polar surface area (TPSA) is 50.4 Å². The fraction of sp³-hybridized carbons (Fsp3) is 0.435. The van der Waals surface area contributed by atoms with Crippen LogP contribution in [-0.4, -0.2) is 41.1 Å². The second kappa shape index (κ2) is 9.18. The molecule has 0 spiro atoms. The first kappa shape index (κ1) is 20.2. The third kappa shape index (κ3) is 4.75. The minimum Gasteiger partial charge on any atom is -0.463 e. The summed E-state index contributed by atoms with van der Waals surface area (Å²) in [5, 5.41) is 3.10. The molecule has 0 saturated carbocycles. The van der Waals surface area contributed by atoms with E-state index in [1.54, 1.807) is 6.26 Å². The number of likely N-dealkylation sites (tertiary alicyclic amines) is 1. The van der Waals surface area contributed by atoms with Crippen LogP contribution in [0, 0.1) is 0 Å². The van der Waals surface area contributed by atoms with Crippen molar-refractivity contribution in [2.45, 2.75) is 45.2 Å². The van der Waals surface area contributed by atoms with Gasteiger partial charge in [0.2, 0.25) is 0 Å². The van der Waals surface area contributed by atoms with E-state index >= 15 is 0 Å². The van der Waals surface area contributed by atoms with Crippen LogP contribution in [0.1, 0.15) is 48.7 Å². The zero-order valence-electron chi connectivity index (χ0n) is 16.9. The van der Waals surface area contributed by atoms with Gasteiger partial charge in [0, 0.05) is 42.3 Å². The maximum absolute atomic E-state index is 12.9. The Bertz CT molecular complexity index is 960. The van der Waals surface area contributed by atoms with Crippen LogP contribution in [0.3, 0.4) is 0 Å². The summed E-state index contributed by atoms with van der Waals surface area (Å²) in [7, 11) is 0. The number of amides is 1. The molecule has 5 nitrogen and oxygen atoms in total. The molecular weight excluding hydrogens is 430 g/mol. The molecule has 1 aromatic carbocycles. The summed E-state index contributed by atoms with van der Waals surface area (Å²) in [4.78, 5) is 15.4. The number of nitrogens with zero attached hydrogens (tertiary/aromatic N) is 2. The molecule has 1 fully saturated rings. The Kier molecular flexibility index (Phi) is 6.40. The predicted molar refractivity (Wildman–Crippen MR) is 119 cm³/mol. The van der Waals surface area contributed by atoms with Gasteiger partial charge >= 0.3 is 0 Å². The van der Waals surface area contributed by atoms with Gasteiger partial charge in [0.25, 0.3) is 5.91 Å². The summed E-state index contributed by atoms with van der Waals surface area (Å²) in [6, 6.07) is 12.6. The van der Waals surface area contributed by atoms with E-state index in [-0.39, 0.29) is 5.91 Å². The second-order valence-electron chi connectivity index (χ2n) is 7.90. The van der Waals surface area contributed by atoms with Gasteiger partial charge in [-0.3, -0.25) is 4.79 Å². The lowest BCUT2D eigenvalue weighted by Gasteiger charge is -2.33. The maximum Gasteiger partial charge on any atom is 0.268 e. The molecule has 6 heteroatoms. The Morgan fingerprint density at radius 2 is 2.07 bits per heavy atom. The molecule has 154 valence electrons. The van der Waals surface area contributed by atoms with E-state index < -0.39 is 0 Å². The van der Waals surface area contributed by atoms with Gasteiger partial charge in [0.15, 0.2) is 5.58 Å². The lowest BCUT2D eigenvalue weighted by molar-refractivity contribution is 0.0940. The molecule has 0 radical (unpaired) electrons. The molecular formula is C23H28BrN3O2. The third-order valence-electron chi connectivity index (χ3n) is 5.86. The molecule has 29 heavy (non-hydrogen) atoms. The van der Waals surface area contributed by atoms with Crippen molar-refractivity contribution < 1.29 is 9.21 Å². The molecule has 4 rings (SSSR count). The van der Waals surface area contributed by atoms with Crippen LogP contribution in [-0.2, 0) is 6.54 Å². The maximum atomic E-state index is 12.9. The summed E-state index contributed by atoms with van der Waals surface area (Å²) in [5.74, 6) is -0.0415. The van der Waals surface area contributed by atoms with Gasteiger partial charge < -0.3 is 19.2 Å². The van der Waals surface area contributed by atoms with Crippen LogP contribution in [0.2, 0.25) is 0 Å². The van der Waals surface area contributed by atoms with E-state index in [4.69, 9.17) is 4.42 Å². The van der Waals surface area contributed by atoms with Crippen LogP contribution in [0.5, 0.6) is 0 Å². The lowest BCUT2D eigenvalue weighted by Crippen LogP contribution is -2.39. The average Bonchev–Trinajstić information content (AvgIpc) is 3.31. The molecule has 1 unspecified atom stereocenters. The molecule has 0 bridgehead atoms. The third-order valence-corrected chi connectivity index (χ3v) is 6.39. The number of furan rings is 1. The molecule has 1 amide bonds. The number of aromatic nitrogens is 1. The van der Waals surface area contributed by atoms with Crippen molar-refractivity contribution >= 4 is 32.9 Å². The summed E-state index contributed by atoms with van der Waals surface area (Å²) in [6.45, 7) is 5.85. The Balaban J connectivity index is 1.40. The summed E-state index contributed by atoms with van der Waals surface area (Å²) < 4.78 is 8.62. The van der Waals surface area contributed by atoms with Crippen LogP contribution in [0.25, 0.3) is 11.1 Å². The number of hydrogen-bond donors (Lipinski definition) is 1. The minimum atomic E-state index is -0.0415. The highest BCUT2D eigenvalue weighted by Gasteiger charge is 2.19. The van der Waals surface area contributed by atoms with Crippen LogP contribution < -0.4 is 5.32 Å². The number of carbonyl (C=O) groups excluding carboxylic acids is 1. The SMILES string of the molecule is CC1CCCCN1CCCNC(=O)c1cc2occc2n1Cc1ccc(Br)cc1. The molecule has 1 atom stereocenters. The van der Waals surface area contributed by atoms with Gasteiger partial charge in [-0.15, -0.1) is 0 Å². The molecule has 1 aliphatic heterocycles. The van der Waals surface area contributed by atoms with Crippen molar-refractivity contribution in [2.24, 2.45) is 0 Å². The van der Waals surface area contributed by atoms with E-state index in [1.807, 2.05) is 28.8 Å². The molecule has 0 aliphatic carbocycles. The lowest BCUT2D eigenvalue weighted by atomic mass is 10.0. The zero-order chi connectivity index (χ0) is 20.2. The summed E-state index contributed by atoms with van der Waals surface area (Å²) in [6.07, 6.45) is 6.56.